The van der Waals surface area contributed by atoms with Crippen molar-refractivity contribution in [1.29, 1.82) is 0 Å². The van der Waals surface area contributed by atoms with Gasteiger partial charge in [-0.05, 0) is 31.2 Å². The second-order valence-corrected chi connectivity index (χ2v) is 4.41. The first-order valence-electron chi connectivity index (χ1n) is 5.65. The van der Waals surface area contributed by atoms with Gasteiger partial charge < -0.3 is 10.1 Å². The molecule has 1 aliphatic heterocycles. The Bertz CT molecular complexity index is 433. The maximum atomic E-state index is 13.8. The molecule has 0 radical (unpaired) electrons. The molecule has 1 N–H and O–H groups in total. The topological polar surface area (TPSA) is 21.3 Å². The molecule has 0 amide bonds. The molecule has 0 bridgehead atoms. The third kappa shape index (κ3) is 2.79. The van der Waals surface area contributed by atoms with Gasteiger partial charge in [-0.25, -0.2) is 4.39 Å². The van der Waals surface area contributed by atoms with Crippen molar-refractivity contribution in [2.24, 2.45) is 0 Å². The van der Waals surface area contributed by atoms with E-state index < -0.39 is 0 Å². The van der Waals surface area contributed by atoms with E-state index in [-0.39, 0.29) is 16.9 Å². The number of ether oxygens (including phenoxy) is 1. The fourth-order valence-electron chi connectivity index (χ4n) is 1.95. The molecule has 0 saturated carbocycles. The highest BCUT2D eigenvalue weighted by Gasteiger charge is 2.19. The smallest absolute Gasteiger partial charge is 0.145 e. The minimum atomic E-state index is -0.340. The van der Waals surface area contributed by atoms with Gasteiger partial charge in [0.2, 0.25) is 0 Å². The van der Waals surface area contributed by atoms with Crippen molar-refractivity contribution < 1.29 is 9.13 Å². The molecule has 0 saturated heterocycles. The van der Waals surface area contributed by atoms with E-state index in [1.807, 2.05) is 13.1 Å². The summed E-state index contributed by atoms with van der Waals surface area (Å²) in [5.41, 5.74) is 0.605. The number of likely N-dealkylation sites (N-methyl/N-ethyl adjacent to an activating group) is 1. The van der Waals surface area contributed by atoms with Crippen LogP contribution in [0, 0.1) is 5.82 Å². The zero-order valence-electron chi connectivity index (χ0n) is 9.67. The lowest BCUT2D eigenvalue weighted by atomic mass is 10.0. The van der Waals surface area contributed by atoms with Gasteiger partial charge in [-0.1, -0.05) is 23.7 Å². The van der Waals surface area contributed by atoms with Crippen LogP contribution in [0.25, 0.3) is 0 Å². The van der Waals surface area contributed by atoms with Gasteiger partial charge in [0.1, 0.15) is 11.6 Å². The minimum Gasteiger partial charge on any atom is -0.496 e. The van der Waals surface area contributed by atoms with E-state index in [1.54, 1.807) is 18.2 Å². The van der Waals surface area contributed by atoms with E-state index in [4.69, 9.17) is 16.3 Å². The maximum Gasteiger partial charge on any atom is 0.145 e. The Hall–Kier alpha value is -1.06. The Morgan fingerprint density at radius 1 is 1.53 bits per heavy atom. The van der Waals surface area contributed by atoms with Crippen molar-refractivity contribution in [3.63, 3.8) is 0 Å². The zero-order valence-corrected chi connectivity index (χ0v) is 10.4. The predicted molar refractivity (Wildman–Crippen MR) is 66.6 cm³/mol. The lowest BCUT2D eigenvalue weighted by Gasteiger charge is -2.18. The highest BCUT2D eigenvalue weighted by Crippen LogP contribution is 2.22. The van der Waals surface area contributed by atoms with Crippen LogP contribution in [0.5, 0.6) is 0 Å². The summed E-state index contributed by atoms with van der Waals surface area (Å²) in [6.45, 7) is 0.714. The molecule has 0 fully saturated rings. The van der Waals surface area contributed by atoms with Crippen molar-refractivity contribution in [3.05, 3.63) is 46.4 Å². The van der Waals surface area contributed by atoms with Crippen LogP contribution in [0.4, 0.5) is 4.39 Å². The van der Waals surface area contributed by atoms with E-state index in [0.717, 1.165) is 12.2 Å². The highest BCUT2D eigenvalue weighted by molar-refractivity contribution is 6.30. The molecule has 0 aliphatic carbocycles. The number of halogens is 2. The second-order valence-electron chi connectivity index (χ2n) is 4.00. The molecule has 1 aliphatic rings. The highest BCUT2D eigenvalue weighted by atomic mass is 35.5. The van der Waals surface area contributed by atoms with E-state index >= 15 is 0 Å². The van der Waals surface area contributed by atoms with Gasteiger partial charge in [0.25, 0.3) is 0 Å². The summed E-state index contributed by atoms with van der Waals surface area (Å²) < 4.78 is 19.3. The van der Waals surface area contributed by atoms with Gasteiger partial charge in [0.05, 0.1) is 17.7 Å². The fourth-order valence-corrected chi connectivity index (χ4v) is 2.14. The lowest BCUT2D eigenvalue weighted by molar-refractivity contribution is 0.216. The summed E-state index contributed by atoms with van der Waals surface area (Å²) in [5.74, 6) is 0.555. The molecule has 2 rings (SSSR count). The number of nitrogens with one attached hydrogen (secondary N) is 1. The standard InChI is InChI=1S/C13H15ClFNO/c1-16-11(12-6-3-7-17-12)8-9-4-2-5-10(14)13(9)15/h2,4-6,11,16H,3,7-8H2,1H3. The molecule has 0 aromatic heterocycles. The van der Waals surface area contributed by atoms with E-state index in [2.05, 4.69) is 5.32 Å². The molecule has 1 unspecified atom stereocenters. The lowest BCUT2D eigenvalue weighted by Crippen LogP contribution is -2.30. The van der Waals surface area contributed by atoms with E-state index in [1.165, 1.54) is 0 Å². The Balaban J connectivity index is 2.15. The first kappa shape index (κ1) is 12.4. The van der Waals surface area contributed by atoms with Crippen LogP contribution in [0.2, 0.25) is 5.02 Å². The molecule has 2 nitrogen and oxygen atoms in total. The quantitative estimate of drug-likeness (QED) is 0.893. The van der Waals surface area contributed by atoms with Crippen LogP contribution < -0.4 is 5.32 Å². The van der Waals surface area contributed by atoms with E-state index in [0.29, 0.717) is 18.6 Å². The normalized spacial score (nSPS) is 16.5. The summed E-state index contributed by atoms with van der Waals surface area (Å²) in [4.78, 5) is 0. The summed E-state index contributed by atoms with van der Waals surface area (Å²) in [6.07, 6.45) is 3.50. The molecule has 1 atom stereocenters. The molecule has 0 spiro atoms. The van der Waals surface area contributed by atoms with Crippen molar-refractivity contribution in [1.82, 2.24) is 5.32 Å². The van der Waals surface area contributed by atoms with Gasteiger partial charge in [-0.2, -0.15) is 0 Å². The Labute approximate surface area is 105 Å². The number of rotatable bonds is 4. The van der Waals surface area contributed by atoms with Crippen molar-refractivity contribution >= 4 is 11.6 Å². The molecule has 1 heterocycles. The zero-order chi connectivity index (χ0) is 12.3. The van der Waals surface area contributed by atoms with Crippen LogP contribution in [-0.2, 0) is 11.2 Å². The van der Waals surface area contributed by atoms with Gasteiger partial charge in [-0.15, -0.1) is 0 Å². The van der Waals surface area contributed by atoms with Crippen LogP contribution in [0.15, 0.2) is 30.0 Å². The first-order chi connectivity index (χ1) is 8.22. The molecular formula is C13H15ClFNO. The molecule has 4 heteroatoms. The largest absolute Gasteiger partial charge is 0.496 e. The summed E-state index contributed by atoms with van der Waals surface area (Å²) in [6, 6.07) is 5.07. The summed E-state index contributed by atoms with van der Waals surface area (Å²) >= 11 is 5.76. The minimum absolute atomic E-state index is 0.00506. The van der Waals surface area contributed by atoms with Crippen molar-refractivity contribution in [3.8, 4) is 0 Å². The van der Waals surface area contributed by atoms with Gasteiger partial charge in [-0.3, -0.25) is 0 Å². The predicted octanol–water partition coefficient (Wildman–Crippen LogP) is 2.91. The van der Waals surface area contributed by atoms with Crippen LogP contribution >= 0.6 is 11.6 Å². The fraction of sp³-hybridized carbons (Fsp3) is 0.385. The maximum absolute atomic E-state index is 13.8. The number of hydrogen-bond acceptors (Lipinski definition) is 2. The molecular weight excluding hydrogens is 241 g/mol. The second kappa shape index (κ2) is 5.52. The average molecular weight is 256 g/mol. The number of benzene rings is 1. The average Bonchev–Trinajstić information content (AvgIpc) is 2.85. The van der Waals surface area contributed by atoms with Gasteiger partial charge in [0, 0.05) is 6.42 Å². The van der Waals surface area contributed by atoms with Gasteiger partial charge >= 0.3 is 0 Å². The SMILES string of the molecule is CNC(Cc1cccc(Cl)c1F)C1=CCCO1. The molecule has 1 aromatic rings. The monoisotopic (exact) mass is 255 g/mol. The summed E-state index contributed by atoms with van der Waals surface area (Å²) in [7, 11) is 1.84. The Morgan fingerprint density at radius 2 is 2.35 bits per heavy atom. The Morgan fingerprint density at radius 3 is 3.00 bits per heavy atom. The Kier molecular flexibility index (Phi) is 4.02. The molecule has 1 aromatic carbocycles. The molecule has 17 heavy (non-hydrogen) atoms. The van der Waals surface area contributed by atoms with Crippen LogP contribution in [0.1, 0.15) is 12.0 Å². The van der Waals surface area contributed by atoms with Crippen molar-refractivity contribution in [2.45, 2.75) is 18.9 Å². The summed E-state index contributed by atoms with van der Waals surface area (Å²) in [5, 5.41) is 3.30. The van der Waals surface area contributed by atoms with Crippen molar-refractivity contribution in [2.75, 3.05) is 13.7 Å². The van der Waals surface area contributed by atoms with E-state index in [9.17, 15) is 4.39 Å². The van der Waals surface area contributed by atoms with Crippen LogP contribution in [0.3, 0.4) is 0 Å². The third-order valence-electron chi connectivity index (χ3n) is 2.88. The number of hydrogen-bond donors (Lipinski definition) is 1. The third-order valence-corrected chi connectivity index (χ3v) is 3.17. The van der Waals surface area contributed by atoms with Crippen LogP contribution in [-0.4, -0.2) is 19.7 Å². The molecule has 92 valence electrons. The first-order valence-corrected chi connectivity index (χ1v) is 6.03. The van der Waals surface area contributed by atoms with Gasteiger partial charge in [0.15, 0.2) is 0 Å².